The Morgan fingerprint density at radius 3 is 2.96 bits per heavy atom. The number of fused-ring (bicyclic) bond motifs is 1. The molecule has 1 atom stereocenters. The summed E-state index contributed by atoms with van der Waals surface area (Å²) in [5.41, 5.74) is 2.80. The zero-order valence-electron chi connectivity index (χ0n) is 13.8. The second kappa shape index (κ2) is 6.77. The summed E-state index contributed by atoms with van der Waals surface area (Å²) < 4.78 is 34.0. The third kappa shape index (κ3) is 3.61. The molecule has 136 valence electrons. The van der Waals surface area contributed by atoms with Gasteiger partial charge in [0.15, 0.2) is 16.4 Å². The summed E-state index contributed by atoms with van der Waals surface area (Å²) in [4.78, 5) is 12.0. The number of furan rings is 1. The number of carbonyl (C=O) groups is 1. The van der Waals surface area contributed by atoms with Crippen molar-refractivity contribution < 1.29 is 22.4 Å². The van der Waals surface area contributed by atoms with Gasteiger partial charge >= 0.3 is 0 Å². The Balaban J connectivity index is 1.43. The zero-order valence-corrected chi connectivity index (χ0v) is 15.4. The maximum Gasteiger partial charge on any atom is 0.258 e. The number of amides is 1. The van der Waals surface area contributed by atoms with E-state index < -0.39 is 9.84 Å². The molecule has 0 spiro atoms. The quantitative estimate of drug-likeness (QED) is 0.723. The van der Waals surface area contributed by atoms with E-state index in [4.69, 9.17) is 9.15 Å². The number of sulfone groups is 1. The maximum absolute atomic E-state index is 12.0. The lowest BCUT2D eigenvalue weighted by Crippen LogP contribution is -2.38. The Kier molecular flexibility index (Phi) is 4.46. The Morgan fingerprint density at radius 2 is 2.23 bits per heavy atom. The summed E-state index contributed by atoms with van der Waals surface area (Å²) in [6, 6.07) is 7.10. The molecule has 8 heteroatoms. The van der Waals surface area contributed by atoms with Crippen molar-refractivity contribution in [2.75, 3.05) is 18.1 Å². The molecule has 1 saturated heterocycles. The van der Waals surface area contributed by atoms with Crippen LogP contribution in [-0.4, -0.2) is 38.5 Å². The van der Waals surface area contributed by atoms with Crippen LogP contribution in [0.5, 0.6) is 5.75 Å². The summed E-state index contributed by atoms with van der Waals surface area (Å²) in [7, 11) is -3.02. The van der Waals surface area contributed by atoms with Crippen LogP contribution in [0.3, 0.4) is 0 Å². The Labute approximate surface area is 154 Å². The molecular weight excluding hydrogens is 374 g/mol. The van der Waals surface area contributed by atoms with Crippen LogP contribution in [0, 0.1) is 0 Å². The number of carbonyl (C=O) groups excluding carboxylic acids is 1. The Hall–Kier alpha value is -2.32. The van der Waals surface area contributed by atoms with Gasteiger partial charge in [-0.3, -0.25) is 4.79 Å². The van der Waals surface area contributed by atoms with Crippen molar-refractivity contribution in [1.82, 2.24) is 5.32 Å². The highest BCUT2D eigenvalue weighted by Gasteiger charge is 2.28. The summed E-state index contributed by atoms with van der Waals surface area (Å²) in [6.45, 7) is -0.159. The number of thiophene rings is 1. The molecule has 0 aliphatic carbocycles. The van der Waals surface area contributed by atoms with Crippen LogP contribution < -0.4 is 10.1 Å². The summed E-state index contributed by atoms with van der Waals surface area (Å²) in [6.07, 6.45) is 2.17. The summed E-state index contributed by atoms with van der Waals surface area (Å²) in [5.74, 6) is 0.368. The Morgan fingerprint density at radius 1 is 1.35 bits per heavy atom. The zero-order chi connectivity index (χ0) is 18.1. The van der Waals surface area contributed by atoms with Gasteiger partial charge in [-0.1, -0.05) is 0 Å². The number of hydrogen-bond donors (Lipinski definition) is 1. The first-order valence-electron chi connectivity index (χ1n) is 8.16. The van der Waals surface area contributed by atoms with Crippen LogP contribution in [0.2, 0.25) is 0 Å². The highest BCUT2D eigenvalue weighted by Crippen LogP contribution is 2.34. The topological polar surface area (TPSA) is 85.6 Å². The van der Waals surface area contributed by atoms with Crippen LogP contribution in [0.4, 0.5) is 0 Å². The lowest BCUT2D eigenvalue weighted by Gasteiger charge is -2.11. The average molecular weight is 391 g/mol. The van der Waals surface area contributed by atoms with Gasteiger partial charge in [0.2, 0.25) is 0 Å². The van der Waals surface area contributed by atoms with E-state index in [1.54, 1.807) is 23.7 Å². The molecule has 1 aromatic carbocycles. The molecule has 2 aromatic heterocycles. The molecule has 1 N–H and O–H groups in total. The predicted molar refractivity (Wildman–Crippen MR) is 100 cm³/mol. The van der Waals surface area contributed by atoms with E-state index in [0.717, 1.165) is 22.1 Å². The van der Waals surface area contributed by atoms with Crippen molar-refractivity contribution in [2.45, 2.75) is 12.5 Å². The standard InChI is InChI=1S/C18H17NO5S2/c20-18(19-13-4-6-26(21,22)11-13)9-23-14-1-2-17-15(7-14)16(8-24-17)12-3-5-25-10-12/h1-3,5,7-8,10,13H,4,6,9,11H2,(H,19,20)/t13-/m1/s1. The van der Waals surface area contributed by atoms with Crippen LogP contribution in [0.15, 0.2) is 45.7 Å². The second-order valence-corrected chi connectivity index (χ2v) is 9.28. The molecular formula is C18H17NO5S2. The second-order valence-electron chi connectivity index (χ2n) is 6.28. The van der Waals surface area contributed by atoms with Crippen molar-refractivity contribution in [2.24, 2.45) is 0 Å². The van der Waals surface area contributed by atoms with Gasteiger partial charge < -0.3 is 14.5 Å². The van der Waals surface area contributed by atoms with E-state index in [1.807, 2.05) is 29.0 Å². The minimum Gasteiger partial charge on any atom is -0.484 e. The van der Waals surface area contributed by atoms with Gasteiger partial charge in [-0.05, 0) is 47.0 Å². The van der Waals surface area contributed by atoms with Gasteiger partial charge in [-0.25, -0.2) is 8.42 Å². The molecule has 0 bridgehead atoms. The third-order valence-electron chi connectivity index (χ3n) is 4.34. The molecule has 0 radical (unpaired) electrons. The first-order valence-corrected chi connectivity index (χ1v) is 10.9. The van der Waals surface area contributed by atoms with Gasteiger partial charge in [0.1, 0.15) is 11.3 Å². The summed E-state index contributed by atoms with van der Waals surface area (Å²) in [5, 5.41) is 7.67. The molecule has 0 unspecified atom stereocenters. The molecule has 1 aliphatic rings. The lowest BCUT2D eigenvalue weighted by atomic mass is 10.1. The molecule has 6 nitrogen and oxygen atoms in total. The SMILES string of the molecule is O=C(COc1ccc2occ(-c3ccsc3)c2c1)N[C@@H]1CCS(=O)(=O)C1. The minimum absolute atomic E-state index is 0.00369. The first-order chi connectivity index (χ1) is 12.5. The molecule has 0 saturated carbocycles. The summed E-state index contributed by atoms with van der Waals surface area (Å²) >= 11 is 1.61. The largest absolute Gasteiger partial charge is 0.484 e. The van der Waals surface area contributed by atoms with Crippen LogP contribution in [-0.2, 0) is 14.6 Å². The fourth-order valence-electron chi connectivity index (χ4n) is 3.07. The minimum atomic E-state index is -3.02. The van der Waals surface area contributed by atoms with Gasteiger partial charge in [0, 0.05) is 17.0 Å². The van der Waals surface area contributed by atoms with Crippen molar-refractivity contribution in [3.63, 3.8) is 0 Å². The van der Waals surface area contributed by atoms with E-state index in [2.05, 4.69) is 5.32 Å². The number of rotatable bonds is 5. The molecule has 1 fully saturated rings. The lowest BCUT2D eigenvalue weighted by molar-refractivity contribution is -0.123. The molecule has 3 heterocycles. The molecule has 1 aliphatic heterocycles. The molecule has 1 amide bonds. The smallest absolute Gasteiger partial charge is 0.258 e. The fraction of sp³-hybridized carbons (Fsp3) is 0.278. The number of benzene rings is 1. The van der Waals surface area contributed by atoms with Crippen molar-refractivity contribution in [3.8, 4) is 16.9 Å². The monoisotopic (exact) mass is 391 g/mol. The van der Waals surface area contributed by atoms with Crippen LogP contribution in [0.25, 0.3) is 22.1 Å². The third-order valence-corrected chi connectivity index (χ3v) is 6.80. The van der Waals surface area contributed by atoms with Crippen molar-refractivity contribution in [1.29, 1.82) is 0 Å². The van der Waals surface area contributed by atoms with Crippen LogP contribution in [0.1, 0.15) is 6.42 Å². The number of ether oxygens (including phenoxy) is 1. The number of nitrogens with one attached hydrogen (secondary N) is 1. The average Bonchev–Trinajstić information content (AvgIpc) is 3.32. The van der Waals surface area contributed by atoms with Crippen molar-refractivity contribution in [3.05, 3.63) is 41.3 Å². The maximum atomic E-state index is 12.0. The Bertz CT molecular complexity index is 1040. The van der Waals surface area contributed by atoms with Gasteiger partial charge in [0.05, 0.1) is 17.8 Å². The van der Waals surface area contributed by atoms with Gasteiger partial charge in [-0.15, -0.1) is 0 Å². The van der Waals surface area contributed by atoms with Gasteiger partial charge in [0.25, 0.3) is 5.91 Å². The molecule has 4 rings (SSSR count). The highest BCUT2D eigenvalue weighted by molar-refractivity contribution is 7.91. The first kappa shape index (κ1) is 17.1. The van der Waals surface area contributed by atoms with E-state index in [1.165, 1.54) is 0 Å². The number of hydrogen-bond acceptors (Lipinski definition) is 6. The van der Waals surface area contributed by atoms with E-state index >= 15 is 0 Å². The molecule has 3 aromatic rings. The van der Waals surface area contributed by atoms with E-state index in [-0.39, 0.29) is 30.1 Å². The van der Waals surface area contributed by atoms with Gasteiger partial charge in [-0.2, -0.15) is 11.3 Å². The van der Waals surface area contributed by atoms with E-state index in [0.29, 0.717) is 12.2 Å². The molecule has 26 heavy (non-hydrogen) atoms. The predicted octanol–water partition coefficient (Wildman–Crippen LogP) is 2.84. The fourth-order valence-corrected chi connectivity index (χ4v) is 5.40. The van der Waals surface area contributed by atoms with E-state index in [9.17, 15) is 13.2 Å². The van der Waals surface area contributed by atoms with Crippen molar-refractivity contribution >= 4 is 38.1 Å². The highest BCUT2D eigenvalue weighted by atomic mass is 32.2. The van der Waals surface area contributed by atoms with Crippen LogP contribution >= 0.6 is 11.3 Å². The normalized spacial score (nSPS) is 18.8.